The van der Waals surface area contributed by atoms with E-state index in [0.717, 1.165) is 43.5 Å². The van der Waals surface area contributed by atoms with Gasteiger partial charge in [0.25, 0.3) is 0 Å². The van der Waals surface area contributed by atoms with E-state index in [0.29, 0.717) is 18.4 Å². The molecule has 31 heavy (non-hydrogen) atoms. The fraction of sp³-hybridized carbons (Fsp3) is 0.500. The number of aliphatic hydroxyl groups excluding tert-OH is 1. The topological polar surface area (TPSA) is 84.6 Å². The number of benzene rings is 2. The molecule has 4 N–H and O–H groups in total. The lowest BCUT2D eigenvalue weighted by molar-refractivity contribution is -0.146. The fourth-order valence-electron chi connectivity index (χ4n) is 3.27. The normalized spacial score (nSPS) is 12.4. The first kappa shape index (κ1) is 24.7. The minimum Gasteiger partial charge on any atom is -0.463 e. The van der Waals surface area contributed by atoms with Crippen LogP contribution in [0.15, 0.2) is 48.5 Å². The first-order valence-electron chi connectivity index (χ1n) is 11.2. The lowest BCUT2D eigenvalue weighted by atomic mass is 9.89. The number of rotatable bonds is 12. The third-order valence-electron chi connectivity index (χ3n) is 5.13. The summed E-state index contributed by atoms with van der Waals surface area (Å²) in [7, 11) is 0. The number of unbranched alkanes of at least 4 members (excludes halogenated alkanes) is 2. The van der Waals surface area contributed by atoms with E-state index < -0.39 is 6.10 Å². The molecule has 0 heterocycles. The summed E-state index contributed by atoms with van der Waals surface area (Å²) in [4.78, 5) is 11.8. The zero-order chi connectivity index (χ0) is 22.7. The van der Waals surface area contributed by atoms with Gasteiger partial charge in [-0.3, -0.25) is 4.79 Å². The maximum absolute atomic E-state index is 11.8. The zero-order valence-corrected chi connectivity index (χ0v) is 19.2. The second-order valence-electron chi connectivity index (χ2n) is 9.45. The maximum Gasteiger partial charge on any atom is 0.305 e. The molecule has 0 aliphatic rings. The minimum absolute atomic E-state index is 0.0169. The second kappa shape index (κ2) is 12.4. The van der Waals surface area contributed by atoms with Crippen molar-refractivity contribution in [1.82, 2.24) is 0 Å². The smallest absolute Gasteiger partial charge is 0.305 e. The number of hydrogen-bond acceptors (Lipinski definition) is 5. The zero-order valence-electron chi connectivity index (χ0n) is 19.2. The van der Waals surface area contributed by atoms with Crippen molar-refractivity contribution in [3.05, 3.63) is 59.7 Å². The molecule has 0 spiro atoms. The molecule has 0 amide bonds. The van der Waals surface area contributed by atoms with Crippen molar-refractivity contribution in [1.29, 1.82) is 0 Å². The van der Waals surface area contributed by atoms with E-state index in [9.17, 15) is 9.90 Å². The van der Waals surface area contributed by atoms with Crippen LogP contribution in [0.4, 0.5) is 11.4 Å². The Bertz CT molecular complexity index is 780. The number of carbonyl (C=O) groups is 1. The quantitative estimate of drug-likeness (QED) is 0.248. The average Bonchev–Trinajstić information content (AvgIpc) is 2.72. The van der Waals surface area contributed by atoms with E-state index in [-0.39, 0.29) is 12.6 Å². The Hall–Kier alpha value is -2.53. The molecule has 0 saturated heterocycles. The van der Waals surface area contributed by atoms with Crippen molar-refractivity contribution in [3.63, 3.8) is 0 Å². The predicted molar refractivity (Wildman–Crippen MR) is 128 cm³/mol. The van der Waals surface area contributed by atoms with Gasteiger partial charge >= 0.3 is 5.97 Å². The molecule has 5 heteroatoms. The van der Waals surface area contributed by atoms with Crippen molar-refractivity contribution in [2.75, 3.05) is 24.2 Å². The van der Waals surface area contributed by atoms with E-state index in [1.807, 2.05) is 36.4 Å². The first-order chi connectivity index (χ1) is 14.7. The van der Waals surface area contributed by atoms with Crippen molar-refractivity contribution < 1.29 is 14.6 Å². The van der Waals surface area contributed by atoms with Crippen LogP contribution in [0.2, 0.25) is 0 Å². The van der Waals surface area contributed by atoms with E-state index >= 15 is 0 Å². The highest BCUT2D eigenvalue weighted by Gasteiger charge is 2.11. The molecule has 0 aromatic heterocycles. The monoisotopic (exact) mass is 426 g/mol. The Morgan fingerprint density at radius 2 is 1.61 bits per heavy atom. The van der Waals surface area contributed by atoms with Gasteiger partial charge in [0.05, 0.1) is 0 Å². The fourth-order valence-corrected chi connectivity index (χ4v) is 3.27. The van der Waals surface area contributed by atoms with Gasteiger partial charge in [-0.15, -0.1) is 0 Å². The van der Waals surface area contributed by atoms with Gasteiger partial charge in [0, 0.05) is 24.3 Å². The lowest BCUT2D eigenvalue weighted by Crippen LogP contribution is -2.26. The highest BCUT2D eigenvalue weighted by molar-refractivity contribution is 5.69. The second-order valence-corrected chi connectivity index (χ2v) is 9.45. The molecule has 1 unspecified atom stereocenters. The summed E-state index contributed by atoms with van der Waals surface area (Å²) in [5.41, 5.74) is 10.2. The van der Waals surface area contributed by atoms with Gasteiger partial charge in [-0.25, -0.2) is 0 Å². The van der Waals surface area contributed by atoms with Crippen molar-refractivity contribution in [2.24, 2.45) is 5.41 Å². The predicted octanol–water partition coefficient (Wildman–Crippen LogP) is 5.17. The Balaban J connectivity index is 1.60. The SMILES string of the molecule is CC(C)(C)CCCCCC(=O)OCC(O)CNc1ccc(Cc2ccc(N)cc2)cc1. The molecule has 0 aliphatic heterocycles. The minimum atomic E-state index is -0.737. The van der Waals surface area contributed by atoms with E-state index in [1.165, 1.54) is 11.1 Å². The van der Waals surface area contributed by atoms with Gasteiger partial charge in [0.15, 0.2) is 0 Å². The molecule has 5 nitrogen and oxygen atoms in total. The summed E-state index contributed by atoms with van der Waals surface area (Å²) in [6.45, 7) is 7.03. The number of hydrogen-bond donors (Lipinski definition) is 3. The number of ether oxygens (including phenoxy) is 1. The van der Waals surface area contributed by atoms with E-state index in [1.54, 1.807) is 0 Å². The standard InChI is InChI=1S/C26H38N2O3/c1-26(2,3)16-6-4-5-7-25(30)31-19-24(29)18-28-23-14-10-21(11-15-23)17-20-8-12-22(27)13-9-20/h8-15,24,28-29H,4-7,16-19,27H2,1-3H3. The van der Waals surface area contributed by atoms with Gasteiger partial charge < -0.3 is 20.9 Å². The van der Waals surface area contributed by atoms with Crippen LogP contribution in [0, 0.1) is 5.41 Å². The van der Waals surface area contributed by atoms with Gasteiger partial charge in [0.1, 0.15) is 12.7 Å². The number of nitrogens with one attached hydrogen (secondary N) is 1. The van der Waals surface area contributed by atoms with Gasteiger partial charge in [-0.05, 0) is 60.1 Å². The first-order valence-corrected chi connectivity index (χ1v) is 11.2. The Morgan fingerprint density at radius 1 is 1.00 bits per heavy atom. The van der Waals surface area contributed by atoms with Crippen LogP contribution < -0.4 is 11.1 Å². The molecule has 0 bridgehead atoms. The van der Waals surface area contributed by atoms with Gasteiger partial charge in [-0.2, -0.15) is 0 Å². The van der Waals surface area contributed by atoms with E-state index in [4.69, 9.17) is 10.5 Å². The molecule has 0 saturated carbocycles. The Morgan fingerprint density at radius 3 is 2.23 bits per heavy atom. The number of nitrogens with two attached hydrogens (primary N) is 1. The Labute approximate surface area is 187 Å². The number of anilines is 2. The summed E-state index contributed by atoms with van der Waals surface area (Å²) in [6.07, 6.45) is 4.68. The molecule has 170 valence electrons. The van der Waals surface area contributed by atoms with Crippen LogP contribution in [-0.2, 0) is 16.0 Å². The highest BCUT2D eigenvalue weighted by atomic mass is 16.5. The van der Waals surface area contributed by atoms with Crippen LogP contribution >= 0.6 is 0 Å². The number of carbonyl (C=O) groups excluding carboxylic acids is 1. The van der Waals surface area contributed by atoms with Gasteiger partial charge in [-0.1, -0.05) is 57.9 Å². The summed E-state index contributed by atoms with van der Waals surface area (Å²) in [5.74, 6) is -0.234. The van der Waals surface area contributed by atoms with Crippen LogP contribution in [0.3, 0.4) is 0 Å². The maximum atomic E-state index is 11.8. The van der Waals surface area contributed by atoms with Crippen LogP contribution in [0.25, 0.3) is 0 Å². The number of esters is 1. The molecular weight excluding hydrogens is 388 g/mol. The average molecular weight is 427 g/mol. The van der Waals surface area contributed by atoms with E-state index in [2.05, 4.69) is 38.2 Å². The molecule has 2 aromatic rings. The molecule has 2 aromatic carbocycles. The Kier molecular flexibility index (Phi) is 9.86. The molecular formula is C26H38N2O3. The van der Waals surface area contributed by atoms with Gasteiger partial charge in [0.2, 0.25) is 0 Å². The molecule has 2 rings (SSSR count). The molecule has 0 aliphatic carbocycles. The molecule has 0 fully saturated rings. The molecule has 1 atom stereocenters. The number of aliphatic hydroxyl groups is 1. The van der Waals surface area contributed by atoms with Crippen LogP contribution in [0.5, 0.6) is 0 Å². The van der Waals surface area contributed by atoms with Crippen molar-refractivity contribution in [2.45, 2.75) is 65.4 Å². The lowest BCUT2D eigenvalue weighted by Gasteiger charge is -2.17. The van der Waals surface area contributed by atoms with Crippen LogP contribution in [-0.4, -0.2) is 30.3 Å². The third-order valence-corrected chi connectivity index (χ3v) is 5.13. The van der Waals surface area contributed by atoms with Crippen molar-refractivity contribution in [3.8, 4) is 0 Å². The van der Waals surface area contributed by atoms with Crippen molar-refractivity contribution >= 4 is 17.3 Å². The highest BCUT2D eigenvalue weighted by Crippen LogP contribution is 2.22. The summed E-state index contributed by atoms with van der Waals surface area (Å²) < 4.78 is 5.20. The summed E-state index contributed by atoms with van der Waals surface area (Å²) in [5, 5.41) is 13.3. The summed E-state index contributed by atoms with van der Waals surface area (Å²) in [6, 6.07) is 16.0. The number of nitrogen functional groups attached to an aromatic ring is 1. The van der Waals surface area contributed by atoms with Crippen LogP contribution in [0.1, 0.15) is 64.0 Å². The largest absolute Gasteiger partial charge is 0.463 e. The summed E-state index contributed by atoms with van der Waals surface area (Å²) >= 11 is 0. The molecule has 0 radical (unpaired) electrons. The third kappa shape index (κ3) is 10.9.